The Bertz CT molecular complexity index is 763. The van der Waals surface area contributed by atoms with Crippen LogP contribution < -0.4 is 4.72 Å². The highest BCUT2D eigenvalue weighted by Crippen LogP contribution is 2.28. The van der Waals surface area contributed by atoms with Gasteiger partial charge in [0.15, 0.2) is 0 Å². The Kier molecular flexibility index (Phi) is 7.31. The van der Waals surface area contributed by atoms with Crippen LogP contribution in [0, 0.1) is 0 Å². The molecule has 2 rings (SSSR count). The van der Waals surface area contributed by atoms with E-state index in [-0.39, 0.29) is 24.7 Å². The Morgan fingerprint density at radius 1 is 0.923 bits per heavy atom. The highest BCUT2D eigenvalue weighted by atomic mass is 32.2. The second kappa shape index (κ2) is 9.25. The van der Waals surface area contributed by atoms with Crippen LogP contribution in [-0.4, -0.2) is 56.4 Å². The van der Waals surface area contributed by atoms with Gasteiger partial charge in [0.05, 0.1) is 23.6 Å². The lowest BCUT2D eigenvalue weighted by Gasteiger charge is -2.41. The molecule has 26 heavy (non-hydrogen) atoms. The molecule has 2 aromatic carbocycles. The number of hydrogen-bond acceptors (Lipinski definition) is 5. The van der Waals surface area contributed by atoms with Gasteiger partial charge in [-0.1, -0.05) is 48.5 Å². The second-order valence-electron chi connectivity index (χ2n) is 6.21. The molecule has 0 aliphatic heterocycles. The van der Waals surface area contributed by atoms with Crippen molar-refractivity contribution >= 4 is 10.0 Å². The number of hydrogen-bond donors (Lipinski definition) is 3. The molecule has 0 unspecified atom stereocenters. The Morgan fingerprint density at radius 2 is 1.42 bits per heavy atom. The summed E-state index contributed by atoms with van der Waals surface area (Å²) >= 11 is 0. The number of aliphatic hydroxyl groups is 2. The van der Waals surface area contributed by atoms with Crippen LogP contribution in [0.5, 0.6) is 0 Å². The largest absolute Gasteiger partial charge is 0.395 e. The van der Waals surface area contributed by atoms with Crippen molar-refractivity contribution in [3.05, 3.63) is 66.2 Å². The van der Waals surface area contributed by atoms with Crippen LogP contribution >= 0.6 is 0 Å². The van der Waals surface area contributed by atoms with Crippen LogP contribution in [0.25, 0.3) is 0 Å². The van der Waals surface area contributed by atoms with Gasteiger partial charge in [-0.05, 0) is 24.6 Å². The topological polar surface area (TPSA) is 89.9 Å². The lowest BCUT2D eigenvalue weighted by molar-refractivity contribution is 0.0622. The molecule has 0 heterocycles. The molecular formula is C19H26N2O4S. The minimum absolute atomic E-state index is 0.0894. The molecule has 6 nitrogen and oxygen atoms in total. The first-order chi connectivity index (χ1) is 12.4. The summed E-state index contributed by atoms with van der Waals surface area (Å²) in [4.78, 5) is 2.09. The third-order valence-electron chi connectivity index (χ3n) is 4.49. The van der Waals surface area contributed by atoms with E-state index in [0.717, 1.165) is 5.56 Å². The summed E-state index contributed by atoms with van der Waals surface area (Å²) in [6, 6.07) is 17.7. The second-order valence-corrected chi connectivity index (χ2v) is 7.98. The monoisotopic (exact) mass is 378 g/mol. The summed E-state index contributed by atoms with van der Waals surface area (Å²) in [6.45, 7) is 2.47. The van der Waals surface area contributed by atoms with E-state index in [1.165, 1.54) is 0 Å². The van der Waals surface area contributed by atoms with E-state index in [4.69, 9.17) is 0 Å². The van der Waals surface area contributed by atoms with Gasteiger partial charge in [0.25, 0.3) is 0 Å². The standard InChI is InChI=1S/C19H26N2O4S/c1-19(17-8-4-2-5-9-17,21(12-14-22)13-15-23)16-20-26(24,25)18-10-6-3-7-11-18/h2-11,20,22-23H,12-16H2,1H3/t19-/m1/s1. The fraction of sp³-hybridized carbons (Fsp3) is 0.368. The average molecular weight is 378 g/mol. The van der Waals surface area contributed by atoms with Gasteiger partial charge in [-0.25, -0.2) is 13.1 Å². The van der Waals surface area contributed by atoms with E-state index in [1.807, 2.05) is 42.2 Å². The molecule has 0 aliphatic carbocycles. The van der Waals surface area contributed by atoms with Gasteiger partial charge in [0, 0.05) is 19.6 Å². The first kappa shape index (κ1) is 20.5. The van der Waals surface area contributed by atoms with Crippen molar-refractivity contribution in [2.75, 3.05) is 32.8 Å². The molecule has 0 saturated carbocycles. The summed E-state index contributed by atoms with van der Waals surface area (Å²) in [5.74, 6) is 0. The molecule has 1 atom stereocenters. The number of sulfonamides is 1. The predicted molar refractivity (Wildman–Crippen MR) is 101 cm³/mol. The van der Waals surface area contributed by atoms with Gasteiger partial charge in [0.2, 0.25) is 10.0 Å². The van der Waals surface area contributed by atoms with Crippen molar-refractivity contribution < 1.29 is 18.6 Å². The van der Waals surface area contributed by atoms with E-state index >= 15 is 0 Å². The molecule has 2 aromatic rings. The third-order valence-corrected chi connectivity index (χ3v) is 5.91. The van der Waals surface area contributed by atoms with Crippen molar-refractivity contribution in [1.29, 1.82) is 0 Å². The molecule has 7 heteroatoms. The van der Waals surface area contributed by atoms with E-state index in [0.29, 0.717) is 13.1 Å². The molecule has 3 N–H and O–H groups in total. The van der Waals surface area contributed by atoms with Crippen LogP contribution in [0.4, 0.5) is 0 Å². The minimum atomic E-state index is -3.67. The zero-order chi connectivity index (χ0) is 19.0. The molecule has 0 saturated heterocycles. The Balaban J connectivity index is 2.32. The van der Waals surface area contributed by atoms with Gasteiger partial charge < -0.3 is 10.2 Å². The van der Waals surface area contributed by atoms with Crippen LogP contribution in [0.3, 0.4) is 0 Å². The first-order valence-corrected chi connectivity index (χ1v) is 9.99. The van der Waals surface area contributed by atoms with E-state index in [1.54, 1.807) is 30.3 Å². The molecule has 0 radical (unpaired) electrons. The maximum Gasteiger partial charge on any atom is 0.240 e. The van der Waals surface area contributed by atoms with Crippen LogP contribution in [-0.2, 0) is 15.6 Å². The van der Waals surface area contributed by atoms with Crippen molar-refractivity contribution in [2.24, 2.45) is 0 Å². The molecule has 142 valence electrons. The molecule has 0 bridgehead atoms. The molecule has 0 aromatic heterocycles. The predicted octanol–water partition coefficient (Wildman–Crippen LogP) is 1.17. The van der Waals surface area contributed by atoms with Crippen LogP contribution in [0.1, 0.15) is 12.5 Å². The third kappa shape index (κ3) is 4.90. The molecule has 0 aliphatic rings. The molecule has 0 fully saturated rings. The summed E-state index contributed by atoms with van der Waals surface area (Å²) in [7, 11) is -3.67. The van der Waals surface area contributed by atoms with Crippen molar-refractivity contribution in [3.8, 4) is 0 Å². The van der Waals surface area contributed by atoms with Gasteiger partial charge in [-0.15, -0.1) is 0 Å². The minimum Gasteiger partial charge on any atom is -0.395 e. The Hall–Kier alpha value is -1.77. The summed E-state index contributed by atoms with van der Waals surface area (Å²) in [5, 5.41) is 18.8. The van der Waals surface area contributed by atoms with E-state index < -0.39 is 15.6 Å². The van der Waals surface area contributed by atoms with Gasteiger partial charge in [-0.2, -0.15) is 0 Å². The van der Waals surface area contributed by atoms with Gasteiger partial charge in [-0.3, -0.25) is 4.90 Å². The van der Waals surface area contributed by atoms with E-state index in [9.17, 15) is 18.6 Å². The SMILES string of the molecule is C[C@@](CNS(=O)(=O)c1ccccc1)(c1ccccc1)N(CCO)CCO. The Labute approximate surface area is 155 Å². The maximum absolute atomic E-state index is 12.6. The lowest BCUT2D eigenvalue weighted by Crippen LogP contribution is -2.53. The van der Waals surface area contributed by atoms with Crippen LogP contribution in [0.15, 0.2) is 65.6 Å². The van der Waals surface area contributed by atoms with Crippen molar-refractivity contribution in [1.82, 2.24) is 9.62 Å². The molecule has 0 amide bonds. The smallest absolute Gasteiger partial charge is 0.240 e. The number of nitrogens with one attached hydrogen (secondary N) is 1. The summed E-state index contributed by atoms with van der Waals surface area (Å²) < 4.78 is 27.9. The number of nitrogens with zero attached hydrogens (tertiary/aromatic N) is 1. The highest BCUT2D eigenvalue weighted by Gasteiger charge is 2.34. The summed E-state index contributed by atoms with van der Waals surface area (Å²) in [6.07, 6.45) is 0. The van der Waals surface area contributed by atoms with Crippen molar-refractivity contribution in [2.45, 2.75) is 17.4 Å². The lowest BCUT2D eigenvalue weighted by atomic mass is 9.90. The first-order valence-electron chi connectivity index (χ1n) is 8.51. The fourth-order valence-corrected chi connectivity index (χ4v) is 4.11. The Morgan fingerprint density at radius 3 is 1.92 bits per heavy atom. The zero-order valence-electron chi connectivity index (χ0n) is 14.9. The van der Waals surface area contributed by atoms with Crippen LogP contribution in [0.2, 0.25) is 0 Å². The zero-order valence-corrected chi connectivity index (χ0v) is 15.7. The van der Waals surface area contributed by atoms with Gasteiger partial charge >= 0.3 is 0 Å². The molecule has 0 spiro atoms. The summed E-state index contributed by atoms with van der Waals surface area (Å²) in [5.41, 5.74) is 0.173. The highest BCUT2D eigenvalue weighted by molar-refractivity contribution is 7.89. The van der Waals surface area contributed by atoms with Crippen molar-refractivity contribution in [3.63, 3.8) is 0 Å². The number of benzene rings is 2. The van der Waals surface area contributed by atoms with Gasteiger partial charge in [0.1, 0.15) is 0 Å². The molecular weight excluding hydrogens is 352 g/mol. The average Bonchev–Trinajstić information content (AvgIpc) is 2.67. The fourth-order valence-electron chi connectivity index (χ4n) is 2.96. The van der Waals surface area contributed by atoms with E-state index in [2.05, 4.69) is 4.72 Å². The normalized spacial score (nSPS) is 14.3. The number of rotatable bonds is 10. The quantitative estimate of drug-likeness (QED) is 0.577. The maximum atomic E-state index is 12.6. The number of aliphatic hydroxyl groups excluding tert-OH is 2.